The molecule has 42 heavy (non-hydrogen) atoms. The first-order valence-corrected chi connectivity index (χ1v) is 14.7. The molecule has 0 saturated carbocycles. The summed E-state index contributed by atoms with van der Waals surface area (Å²) in [7, 11) is 3.95. The van der Waals surface area contributed by atoms with Crippen molar-refractivity contribution in [1.29, 1.82) is 0 Å². The van der Waals surface area contributed by atoms with Gasteiger partial charge in [0.15, 0.2) is 4.80 Å². The number of aryl methyl sites for hydroxylation is 1. The van der Waals surface area contributed by atoms with Crippen LogP contribution in [-0.2, 0) is 9.53 Å². The van der Waals surface area contributed by atoms with Gasteiger partial charge in [0.25, 0.3) is 5.56 Å². The first kappa shape index (κ1) is 27.5. The van der Waals surface area contributed by atoms with Crippen LogP contribution in [0.1, 0.15) is 36.6 Å². The largest absolute Gasteiger partial charge is 0.463 e. The molecule has 0 saturated heterocycles. The molecule has 1 aliphatic rings. The lowest BCUT2D eigenvalue weighted by atomic mass is 9.95. The predicted octanol–water partition coefficient (Wildman–Crippen LogP) is 5.32. The quantitative estimate of drug-likeness (QED) is 0.278. The normalized spacial score (nSPS) is 15.1. The molecule has 0 amide bonds. The maximum absolute atomic E-state index is 14.3. The van der Waals surface area contributed by atoms with E-state index in [9.17, 15) is 9.59 Å². The first-order valence-electron chi connectivity index (χ1n) is 13.9. The standard InChI is InChI=1S/C34H32N4O3S/c1-6-41-33(40)28-21(3)35-34-38(31(28)23-15-17-24(18-16-23)37(4)5)32(39)27(42-34)19-26-25-14-10-11-20(2)29(25)36-30(26)22-12-8-7-9-13-22/h7-19,31,36H,6H2,1-5H3/b27-19+/t31-/m0/s1. The number of allylic oxidation sites excluding steroid dienone is 1. The number of H-pyrrole nitrogens is 1. The molecule has 0 bridgehead atoms. The summed E-state index contributed by atoms with van der Waals surface area (Å²) >= 11 is 1.33. The monoisotopic (exact) mass is 576 g/mol. The molecule has 6 rings (SSSR count). The van der Waals surface area contributed by atoms with Crippen molar-refractivity contribution in [1.82, 2.24) is 9.55 Å². The average Bonchev–Trinajstić information content (AvgIpc) is 3.51. The van der Waals surface area contributed by atoms with E-state index in [2.05, 4.69) is 36.2 Å². The Kier molecular flexibility index (Phi) is 7.16. The number of esters is 1. The summed E-state index contributed by atoms with van der Waals surface area (Å²) in [5.74, 6) is -0.465. The number of aromatic amines is 1. The summed E-state index contributed by atoms with van der Waals surface area (Å²) in [5.41, 5.74) is 7.66. The van der Waals surface area contributed by atoms with E-state index in [1.165, 1.54) is 11.3 Å². The van der Waals surface area contributed by atoms with Crippen LogP contribution in [0, 0.1) is 6.92 Å². The number of nitrogens with zero attached hydrogens (tertiary/aromatic N) is 3. The maximum atomic E-state index is 14.3. The topological polar surface area (TPSA) is 79.7 Å². The van der Waals surface area contributed by atoms with Crippen molar-refractivity contribution >= 4 is 40.0 Å². The second-order valence-electron chi connectivity index (χ2n) is 10.6. The van der Waals surface area contributed by atoms with Gasteiger partial charge in [0.1, 0.15) is 0 Å². The van der Waals surface area contributed by atoms with Crippen molar-refractivity contribution in [2.24, 2.45) is 4.99 Å². The number of aromatic nitrogens is 2. The van der Waals surface area contributed by atoms with Gasteiger partial charge in [0, 0.05) is 36.2 Å². The molecule has 1 aliphatic heterocycles. The Morgan fingerprint density at radius 3 is 2.48 bits per heavy atom. The Morgan fingerprint density at radius 1 is 1.05 bits per heavy atom. The summed E-state index contributed by atoms with van der Waals surface area (Å²) in [5, 5.41) is 1.04. The number of hydrogen-bond acceptors (Lipinski definition) is 6. The van der Waals surface area contributed by atoms with Crippen molar-refractivity contribution in [3.05, 3.63) is 120 Å². The van der Waals surface area contributed by atoms with E-state index in [0.717, 1.165) is 44.5 Å². The number of thiazole rings is 1. The van der Waals surface area contributed by atoms with Crippen LogP contribution < -0.4 is 19.8 Å². The van der Waals surface area contributed by atoms with Crippen molar-refractivity contribution in [3.8, 4) is 11.3 Å². The lowest BCUT2D eigenvalue weighted by Gasteiger charge is -2.25. The van der Waals surface area contributed by atoms with E-state index in [1.807, 2.05) is 73.6 Å². The molecule has 3 aromatic carbocycles. The van der Waals surface area contributed by atoms with Gasteiger partial charge in [-0.15, -0.1) is 0 Å². The first-order chi connectivity index (χ1) is 20.3. The third-order valence-electron chi connectivity index (χ3n) is 7.66. The van der Waals surface area contributed by atoms with Crippen molar-refractivity contribution < 1.29 is 9.53 Å². The zero-order valence-electron chi connectivity index (χ0n) is 24.3. The third kappa shape index (κ3) is 4.67. The highest BCUT2D eigenvalue weighted by atomic mass is 32.1. The van der Waals surface area contributed by atoms with Gasteiger partial charge in [-0.2, -0.15) is 0 Å². The molecular weight excluding hydrogens is 544 g/mol. The number of fused-ring (bicyclic) bond motifs is 2. The van der Waals surface area contributed by atoms with E-state index in [0.29, 0.717) is 20.6 Å². The number of rotatable bonds is 6. The number of para-hydroxylation sites is 1. The van der Waals surface area contributed by atoms with Crippen LogP contribution in [0.2, 0.25) is 0 Å². The Hall–Kier alpha value is -4.69. The Morgan fingerprint density at radius 2 is 1.79 bits per heavy atom. The Labute approximate surface area is 247 Å². The SMILES string of the molecule is CCOC(=O)C1=C(C)N=c2s/c(=C/c3c(-c4ccccc4)[nH]c4c(C)cccc34)c(=O)n2[C@H]1c1ccc(N(C)C)cc1. The number of anilines is 1. The summed E-state index contributed by atoms with van der Waals surface area (Å²) in [6.45, 7) is 5.89. The van der Waals surface area contributed by atoms with Crippen LogP contribution in [-0.4, -0.2) is 36.2 Å². The summed E-state index contributed by atoms with van der Waals surface area (Å²) < 4.78 is 7.63. The number of ether oxygens (including phenoxy) is 1. The molecule has 2 aromatic heterocycles. The van der Waals surface area contributed by atoms with Crippen molar-refractivity contribution in [2.75, 3.05) is 25.6 Å². The van der Waals surface area contributed by atoms with E-state index >= 15 is 0 Å². The number of carbonyl (C=O) groups excluding carboxylic acids is 1. The van der Waals surface area contributed by atoms with Crippen LogP contribution in [0.5, 0.6) is 0 Å². The number of hydrogen-bond donors (Lipinski definition) is 1. The second kappa shape index (κ2) is 10.9. The minimum absolute atomic E-state index is 0.198. The highest BCUT2D eigenvalue weighted by molar-refractivity contribution is 7.07. The highest BCUT2D eigenvalue weighted by Gasteiger charge is 2.33. The zero-order valence-corrected chi connectivity index (χ0v) is 25.1. The van der Waals surface area contributed by atoms with Gasteiger partial charge in [0.2, 0.25) is 0 Å². The number of nitrogens with one attached hydrogen (secondary N) is 1. The van der Waals surface area contributed by atoms with Gasteiger partial charge in [-0.25, -0.2) is 9.79 Å². The minimum Gasteiger partial charge on any atom is -0.463 e. The lowest BCUT2D eigenvalue weighted by molar-refractivity contribution is -0.139. The third-order valence-corrected chi connectivity index (χ3v) is 8.65. The summed E-state index contributed by atoms with van der Waals surface area (Å²) in [6, 6.07) is 23.6. The van der Waals surface area contributed by atoms with Crippen LogP contribution >= 0.6 is 11.3 Å². The molecule has 1 atom stereocenters. The molecule has 5 aromatic rings. The lowest BCUT2D eigenvalue weighted by Crippen LogP contribution is -2.40. The fourth-order valence-corrected chi connectivity index (χ4v) is 6.59. The molecule has 0 radical (unpaired) electrons. The van der Waals surface area contributed by atoms with E-state index in [-0.39, 0.29) is 12.2 Å². The summed E-state index contributed by atoms with van der Waals surface area (Å²) in [4.78, 5) is 38.4. The average molecular weight is 577 g/mol. The van der Waals surface area contributed by atoms with Crippen LogP contribution in [0.4, 0.5) is 5.69 Å². The molecular formula is C34H32N4O3S. The summed E-state index contributed by atoms with van der Waals surface area (Å²) in [6.07, 6.45) is 1.96. The minimum atomic E-state index is -0.655. The number of benzene rings is 3. The van der Waals surface area contributed by atoms with Crippen LogP contribution in [0.25, 0.3) is 28.2 Å². The van der Waals surface area contributed by atoms with Gasteiger partial charge in [-0.05, 0) is 55.7 Å². The smallest absolute Gasteiger partial charge is 0.338 e. The molecule has 0 unspecified atom stereocenters. The molecule has 0 spiro atoms. The fraction of sp³-hybridized carbons (Fsp3) is 0.206. The van der Waals surface area contributed by atoms with Crippen LogP contribution in [0.3, 0.4) is 0 Å². The Bertz CT molecular complexity index is 2030. The van der Waals surface area contributed by atoms with E-state index < -0.39 is 12.0 Å². The zero-order chi connectivity index (χ0) is 29.5. The molecule has 212 valence electrons. The molecule has 0 fully saturated rings. The van der Waals surface area contributed by atoms with Gasteiger partial charge in [0.05, 0.1) is 34.1 Å². The molecule has 0 aliphatic carbocycles. The van der Waals surface area contributed by atoms with Gasteiger partial charge in [-0.1, -0.05) is 72.0 Å². The van der Waals surface area contributed by atoms with E-state index in [4.69, 9.17) is 9.73 Å². The second-order valence-corrected chi connectivity index (χ2v) is 11.6. The van der Waals surface area contributed by atoms with Crippen LogP contribution in [0.15, 0.2) is 93.9 Å². The Balaban J connectivity index is 1.60. The van der Waals surface area contributed by atoms with Gasteiger partial charge >= 0.3 is 5.97 Å². The molecule has 3 heterocycles. The maximum Gasteiger partial charge on any atom is 0.338 e. The van der Waals surface area contributed by atoms with Gasteiger partial charge < -0.3 is 14.6 Å². The highest BCUT2D eigenvalue weighted by Crippen LogP contribution is 2.34. The fourth-order valence-electron chi connectivity index (χ4n) is 5.56. The molecule has 8 heteroatoms. The van der Waals surface area contributed by atoms with Crippen molar-refractivity contribution in [3.63, 3.8) is 0 Å². The van der Waals surface area contributed by atoms with E-state index in [1.54, 1.807) is 18.4 Å². The predicted molar refractivity (Wildman–Crippen MR) is 170 cm³/mol. The number of carbonyl (C=O) groups is 1. The molecule has 1 N–H and O–H groups in total. The van der Waals surface area contributed by atoms with Crippen molar-refractivity contribution in [2.45, 2.75) is 26.8 Å². The van der Waals surface area contributed by atoms with Gasteiger partial charge in [-0.3, -0.25) is 9.36 Å². The molecule has 7 nitrogen and oxygen atoms in total.